The van der Waals surface area contributed by atoms with Gasteiger partial charge in [0.15, 0.2) is 0 Å². The van der Waals surface area contributed by atoms with Crippen molar-refractivity contribution < 1.29 is 18.3 Å². The number of aliphatic hydroxyl groups excluding tert-OH is 1. The van der Waals surface area contributed by atoms with Gasteiger partial charge in [-0.1, -0.05) is 23.8 Å². The van der Waals surface area contributed by atoms with E-state index in [1.54, 1.807) is 37.4 Å². The number of sulfonamides is 1. The van der Waals surface area contributed by atoms with Gasteiger partial charge in [-0.15, -0.1) is 0 Å². The van der Waals surface area contributed by atoms with Crippen molar-refractivity contribution in [1.29, 1.82) is 0 Å². The van der Waals surface area contributed by atoms with Crippen molar-refractivity contribution in [3.63, 3.8) is 0 Å². The lowest BCUT2D eigenvalue weighted by molar-refractivity contribution is 0.0767. The number of nitrogens with one attached hydrogen (secondary N) is 1. The minimum absolute atomic E-state index is 0.137. The van der Waals surface area contributed by atoms with Crippen LogP contribution in [0.3, 0.4) is 0 Å². The Kier molecular flexibility index (Phi) is 5.58. The highest BCUT2D eigenvalue weighted by Crippen LogP contribution is 2.18. The van der Waals surface area contributed by atoms with Crippen LogP contribution in [0.4, 0.5) is 5.69 Å². The zero-order valence-corrected chi connectivity index (χ0v) is 14.4. The smallest absolute Gasteiger partial charge is 0.261 e. The van der Waals surface area contributed by atoms with Gasteiger partial charge in [-0.3, -0.25) is 9.52 Å². The molecule has 0 aliphatic heterocycles. The zero-order valence-electron chi connectivity index (χ0n) is 13.6. The Balaban J connectivity index is 2.23. The van der Waals surface area contributed by atoms with Gasteiger partial charge in [0.05, 0.1) is 11.5 Å². The van der Waals surface area contributed by atoms with Crippen LogP contribution in [0.5, 0.6) is 0 Å². The van der Waals surface area contributed by atoms with Crippen molar-refractivity contribution in [2.75, 3.05) is 24.9 Å². The Hall–Kier alpha value is -2.38. The van der Waals surface area contributed by atoms with Crippen molar-refractivity contribution >= 4 is 21.6 Å². The largest absolute Gasteiger partial charge is 0.395 e. The average Bonchev–Trinajstić information content (AvgIpc) is 2.54. The number of likely N-dealkylation sites (N-methyl/N-ethyl adjacent to an activating group) is 1. The van der Waals surface area contributed by atoms with Crippen LogP contribution in [0.1, 0.15) is 15.9 Å². The number of aryl methyl sites for hydroxylation is 1. The molecule has 0 radical (unpaired) electrons. The molecule has 0 heterocycles. The monoisotopic (exact) mass is 348 g/mol. The number of rotatable bonds is 6. The molecular weight excluding hydrogens is 328 g/mol. The average molecular weight is 348 g/mol. The first-order valence-electron chi connectivity index (χ1n) is 7.39. The van der Waals surface area contributed by atoms with E-state index in [1.807, 2.05) is 6.92 Å². The molecule has 0 aromatic heterocycles. The van der Waals surface area contributed by atoms with E-state index in [0.717, 1.165) is 5.56 Å². The summed E-state index contributed by atoms with van der Waals surface area (Å²) in [5, 5.41) is 8.90. The summed E-state index contributed by atoms with van der Waals surface area (Å²) in [4.78, 5) is 13.7. The highest BCUT2D eigenvalue weighted by atomic mass is 32.2. The number of hydrogen-bond donors (Lipinski definition) is 2. The molecule has 6 nitrogen and oxygen atoms in total. The fourth-order valence-corrected chi connectivity index (χ4v) is 3.17. The van der Waals surface area contributed by atoms with Gasteiger partial charge in [0, 0.05) is 24.8 Å². The van der Waals surface area contributed by atoms with Gasteiger partial charge in [0.25, 0.3) is 15.9 Å². The molecule has 2 rings (SSSR count). The van der Waals surface area contributed by atoms with Crippen molar-refractivity contribution in [2.24, 2.45) is 0 Å². The topological polar surface area (TPSA) is 86.7 Å². The Morgan fingerprint density at radius 3 is 2.46 bits per heavy atom. The summed E-state index contributed by atoms with van der Waals surface area (Å²) >= 11 is 0. The number of aliphatic hydroxyl groups is 1. The fraction of sp³-hybridized carbons (Fsp3) is 0.235. The number of carbonyl (C=O) groups is 1. The van der Waals surface area contributed by atoms with Crippen LogP contribution in [0, 0.1) is 6.92 Å². The molecule has 0 aliphatic carbocycles. The standard InChI is InChI=1S/C17H20N2O4S/c1-13-6-8-16(9-7-13)24(22,23)18-15-5-3-4-14(12-15)17(21)19(2)10-11-20/h3-9,12,18,20H,10-11H2,1-2H3. The van der Waals surface area contributed by atoms with E-state index in [0.29, 0.717) is 11.3 Å². The van der Waals surface area contributed by atoms with E-state index in [9.17, 15) is 13.2 Å². The third-order valence-electron chi connectivity index (χ3n) is 3.48. The van der Waals surface area contributed by atoms with Gasteiger partial charge < -0.3 is 10.0 Å². The van der Waals surface area contributed by atoms with Crippen molar-refractivity contribution in [2.45, 2.75) is 11.8 Å². The number of benzene rings is 2. The Bertz CT molecular complexity index is 817. The summed E-state index contributed by atoms with van der Waals surface area (Å²) in [7, 11) is -2.15. The molecule has 0 fully saturated rings. The van der Waals surface area contributed by atoms with Gasteiger partial charge in [0.2, 0.25) is 0 Å². The second-order valence-corrected chi connectivity index (χ2v) is 7.13. The maximum absolute atomic E-state index is 12.4. The maximum atomic E-state index is 12.4. The molecule has 7 heteroatoms. The fourth-order valence-electron chi connectivity index (χ4n) is 2.12. The lowest BCUT2D eigenvalue weighted by atomic mass is 10.2. The molecule has 24 heavy (non-hydrogen) atoms. The number of anilines is 1. The van der Waals surface area contributed by atoms with E-state index in [-0.39, 0.29) is 24.0 Å². The quantitative estimate of drug-likeness (QED) is 0.834. The molecule has 0 aliphatic rings. The predicted molar refractivity (Wildman–Crippen MR) is 92.5 cm³/mol. The Morgan fingerprint density at radius 2 is 1.83 bits per heavy atom. The molecule has 0 bridgehead atoms. The molecule has 1 amide bonds. The van der Waals surface area contributed by atoms with Gasteiger partial charge in [-0.05, 0) is 37.3 Å². The summed E-state index contributed by atoms with van der Waals surface area (Å²) in [5.74, 6) is -0.291. The lowest BCUT2D eigenvalue weighted by Gasteiger charge is -2.16. The van der Waals surface area contributed by atoms with Crippen molar-refractivity contribution in [3.05, 3.63) is 59.7 Å². The Labute approximate surface area is 141 Å². The third kappa shape index (κ3) is 4.33. The molecule has 2 aromatic rings. The molecule has 2 N–H and O–H groups in total. The molecule has 0 unspecified atom stereocenters. The first-order chi connectivity index (χ1) is 11.3. The van der Waals surface area contributed by atoms with E-state index in [1.165, 1.54) is 23.1 Å². The highest BCUT2D eigenvalue weighted by Gasteiger charge is 2.16. The molecule has 0 saturated carbocycles. The number of amides is 1. The minimum Gasteiger partial charge on any atom is -0.395 e. The van der Waals surface area contributed by atoms with E-state index in [2.05, 4.69) is 4.72 Å². The second kappa shape index (κ2) is 7.46. The van der Waals surface area contributed by atoms with Crippen molar-refractivity contribution in [1.82, 2.24) is 4.90 Å². The van der Waals surface area contributed by atoms with Gasteiger partial charge in [0.1, 0.15) is 0 Å². The minimum atomic E-state index is -3.72. The number of carbonyl (C=O) groups excluding carboxylic acids is 1. The van der Waals surface area contributed by atoms with Crippen LogP contribution >= 0.6 is 0 Å². The van der Waals surface area contributed by atoms with E-state index in [4.69, 9.17) is 5.11 Å². The molecule has 2 aromatic carbocycles. The van der Waals surface area contributed by atoms with Crippen LogP contribution in [-0.4, -0.2) is 44.5 Å². The summed E-state index contributed by atoms with van der Waals surface area (Å²) < 4.78 is 27.3. The maximum Gasteiger partial charge on any atom is 0.261 e. The van der Waals surface area contributed by atoms with Crippen LogP contribution in [0.15, 0.2) is 53.4 Å². The summed E-state index contributed by atoms with van der Waals surface area (Å²) in [6.45, 7) is 1.95. The normalized spacial score (nSPS) is 11.1. The van der Waals surface area contributed by atoms with Crippen LogP contribution in [0.2, 0.25) is 0 Å². The van der Waals surface area contributed by atoms with Gasteiger partial charge in [-0.25, -0.2) is 8.42 Å². The predicted octanol–water partition coefficient (Wildman–Crippen LogP) is 1.86. The first-order valence-corrected chi connectivity index (χ1v) is 8.87. The van der Waals surface area contributed by atoms with Gasteiger partial charge >= 0.3 is 0 Å². The van der Waals surface area contributed by atoms with E-state index >= 15 is 0 Å². The summed E-state index contributed by atoms with van der Waals surface area (Å²) in [5.41, 5.74) is 1.61. The molecule has 0 saturated heterocycles. The van der Waals surface area contributed by atoms with Gasteiger partial charge in [-0.2, -0.15) is 0 Å². The molecule has 128 valence electrons. The molecular formula is C17H20N2O4S. The second-order valence-electron chi connectivity index (χ2n) is 5.45. The lowest BCUT2D eigenvalue weighted by Crippen LogP contribution is -2.29. The zero-order chi connectivity index (χ0) is 17.7. The van der Waals surface area contributed by atoms with E-state index < -0.39 is 10.0 Å². The SMILES string of the molecule is Cc1ccc(S(=O)(=O)Nc2cccc(C(=O)N(C)CCO)c2)cc1. The Morgan fingerprint density at radius 1 is 1.17 bits per heavy atom. The molecule has 0 atom stereocenters. The number of hydrogen-bond acceptors (Lipinski definition) is 4. The van der Waals surface area contributed by atoms with Crippen LogP contribution in [-0.2, 0) is 10.0 Å². The summed E-state index contributed by atoms with van der Waals surface area (Å²) in [6.07, 6.45) is 0. The molecule has 0 spiro atoms. The first kappa shape index (κ1) is 18.0. The highest BCUT2D eigenvalue weighted by molar-refractivity contribution is 7.92. The van der Waals surface area contributed by atoms with Crippen LogP contribution in [0.25, 0.3) is 0 Å². The third-order valence-corrected chi connectivity index (χ3v) is 4.87. The van der Waals surface area contributed by atoms with Crippen LogP contribution < -0.4 is 4.72 Å². The van der Waals surface area contributed by atoms with Crippen molar-refractivity contribution in [3.8, 4) is 0 Å². The summed E-state index contributed by atoms with van der Waals surface area (Å²) in [6, 6.07) is 12.8. The number of nitrogens with zero attached hydrogens (tertiary/aromatic N) is 1.